The van der Waals surface area contributed by atoms with Crippen LogP contribution in [0, 0.1) is 6.92 Å². The lowest BCUT2D eigenvalue weighted by molar-refractivity contribution is -0.133. The maximum Gasteiger partial charge on any atom is 0.390 e. The van der Waals surface area contributed by atoms with Gasteiger partial charge in [0.25, 0.3) is 5.91 Å². The van der Waals surface area contributed by atoms with E-state index < -0.39 is 25.0 Å². The van der Waals surface area contributed by atoms with E-state index in [0.717, 1.165) is 16.2 Å². The van der Waals surface area contributed by atoms with Gasteiger partial charge in [-0.25, -0.2) is 0 Å². The van der Waals surface area contributed by atoms with Crippen molar-refractivity contribution in [3.05, 3.63) is 77.7 Å². The third kappa shape index (κ3) is 6.61. The second-order valence-electron chi connectivity index (χ2n) is 7.45. The largest absolute Gasteiger partial charge is 0.390 e. The van der Waals surface area contributed by atoms with Crippen LogP contribution in [0.3, 0.4) is 0 Å². The maximum absolute atomic E-state index is 12.5. The number of hydrogen-bond acceptors (Lipinski definition) is 4. The van der Waals surface area contributed by atoms with Crippen LogP contribution >= 0.6 is 0 Å². The highest BCUT2D eigenvalue weighted by atomic mass is 19.4. The van der Waals surface area contributed by atoms with Crippen LogP contribution in [0.2, 0.25) is 0 Å². The van der Waals surface area contributed by atoms with Crippen LogP contribution in [-0.2, 0) is 11.3 Å². The van der Waals surface area contributed by atoms with Gasteiger partial charge in [-0.2, -0.15) is 13.2 Å². The van der Waals surface area contributed by atoms with E-state index in [4.69, 9.17) is 0 Å². The number of nitrogens with zero attached hydrogens (tertiary/aromatic N) is 3. The number of alkyl halides is 3. The highest BCUT2D eigenvalue weighted by Gasteiger charge is 2.28. The third-order valence-corrected chi connectivity index (χ3v) is 5.06. The lowest BCUT2D eigenvalue weighted by Gasteiger charge is -2.22. The molecule has 172 valence electrons. The maximum atomic E-state index is 12.5. The molecule has 0 saturated carbocycles. The standard InChI is InChI=1S/C24H23F3N4O2/c1-16-19(4-3-12-28-16)14-30-23(33)20-7-10-22(29-15-20)18-5-8-21(9-6-18)31(17(2)32)13-11-24(25,26)27/h3-10,12,15H,11,13-14H2,1-2H3,(H,30,33). The molecule has 2 amide bonds. The smallest absolute Gasteiger partial charge is 0.348 e. The molecule has 1 aromatic carbocycles. The second kappa shape index (κ2) is 10.2. The molecule has 0 atom stereocenters. The summed E-state index contributed by atoms with van der Waals surface area (Å²) in [4.78, 5) is 33.8. The zero-order chi connectivity index (χ0) is 24.0. The Morgan fingerprint density at radius 1 is 1.03 bits per heavy atom. The summed E-state index contributed by atoms with van der Waals surface area (Å²) in [5.74, 6) is -0.739. The van der Waals surface area contributed by atoms with Gasteiger partial charge in [0.15, 0.2) is 0 Å². The Kier molecular flexibility index (Phi) is 7.42. The fourth-order valence-electron chi connectivity index (χ4n) is 3.20. The molecule has 0 aliphatic rings. The molecule has 0 aliphatic carbocycles. The zero-order valence-electron chi connectivity index (χ0n) is 18.2. The average Bonchev–Trinajstić information content (AvgIpc) is 2.78. The number of hydrogen-bond donors (Lipinski definition) is 1. The van der Waals surface area contributed by atoms with Gasteiger partial charge < -0.3 is 10.2 Å². The Hall–Kier alpha value is -3.75. The molecule has 6 nitrogen and oxygen atoms in total. The molecule has 0 fully saturated rings. The third-order valence-electron chi connectivity index (χ3n) is 5.06. The molecule has 2 heterocycles. The van der Waals surface area contributed by atoms with Gasteiger partial charge in [0.1, 0.15) is 0 Å². The molecule has 0 radical (unpaired) electrons. The summed E-state index contributed by atoms with van der Waals surface area (Å²) >= 11 is 0. The summed E-state index contributed by atoms with van der Waals surface area (Å²) in [5.41, 5.74) is 3.83. The first-order chi connectivity index (χ1) is 15.6. The molecule has 0 aliphatic heterocycles. The average molecular weight is 456 g/mol. The van der Waals surface area contributed by atoms with E-state index in [2.05, 4.69) is 15.3 Å². The van der Waals surface area contributed by atoms with Gasteiger partial charge in [-0.05, 0) is 42.8 Å². The monoisotopic (exact) mass is 456 g/mol. The first-order valence-electron chi connectivity index (χ1n) is 10.2. The second-order valence-corrected chi connectivity index (χ2v) is 7.45. The molecule has 1 N–H and O–H groups in total. The Bertz CT molecular complexity index is 1110. The number of amides is 2. The fourth-order valence-corrected chi connectivity index (χ4v) is 3.20. The summed E-state index contributed by atoms with van der Waals surface area (Å²) in [7, 11) is 0. The quantitative estimate of drug-likeness (QED) is 0.560. The minimum absolute atomic E-state index is 0.269. The van der Waals surface area contributed by atoms with Crippen molar-refractivity contribution < 1.29 is 22.8 Å². The van der Waals surface area contributed by atoms with Gasteiger partial charge >= 0.3 is 6.18 Å². The van der Waals surface area contributed by atoms with E-state index in [-0.39, 0.29) is 5.91 Å². The Morgan fingerprint density at radius 3 is 2.33 bits per heavy atom. The molecule has 0 unspecified atom stereocenters. The molecule has 3 rings (SSSR count). The summed E-state index contributed by atoms with van der Waals surface area (Å²) in [6.07, 6.45) is -2.28. The number of pyridine rings is 2. The molecular weight excluding hydrogens is 433 g/mol. The van der Waals surface area contributed by atoms with Crippen molar-refractivity contribution in [2.45, 2.75) is 33.0 Å². The number of rotatable bonds is 7. The van der Waals surface area contributed by atoms with Crippen LogP contribution < -0.4 is 10.2 Å². The molecule has 0 bridgehead atoms. The highest BCUT2D eigenvalue weighted by molar-refractivity contribution is 5.94. The van der Waals surface area contributed by atoms with Gasteiger partial charge in [-0.1, -0.05) is 18.2 Å². The van der Waals surface area contributed by atoms with Crippen molar-refractivity contribution >= 4 is 17.5 Å². The van der Waals surface area contributed by atoms with E-state index in [1.54, 1.807) is 42.6 Å². The number of carbonyl (C=O) groups excluding carboxylic acids is 2. The van der Waals surface area contributed by atoms with Crippen molar-refractivity contribution in [3.8, 4) is 11.3 Å². The van der Waals surface area contributed by atoms with Crippen LogP contribution in [0.1, 0.15) is 35.0 Å². The molecule has 0 spiro atoms. The summed E-state index contributed by atoms with van der Waals surface area (Å²) in [6, 6.07) is 13.5. The molecule has 2 aromatic heterocycles. The molecule has 3 aromatic rings. The zero-order valence-corrected chi connectivity index (χ0v) is 18.2. The van der Waals surface area contributed by atoms with E-state index in [1.165, 1.54) is 13.1 Å². The predicted molar refractivity (Wildman–Crippen MR) is 119 cm³/mol. The van der Waals surface area contributed by atoms with Gasteiger partial charge in [0.05, 0.1) is 17.7 Å². The van der Waals surface area contributed by atoms with Crippen LogP contribution in [-0.4, -0.2) is 34.5 Å². The first-order valence-corrected chi connectivity index (χ1v) is 10.2. The number of aromatic nitrogens is 2. The van der Waals surface area contributed by atoms with Crippen LogP contribution in [0.25, 0.3) is 11.3 Å². The predicted octanol–water partition coefficient (Wildman–Crippen LogP) is 4.69. The van der Waals surface area contributed by atoms with Crippen molar-refractivity contribution in [1.82, 2.24) is 15.3 Å². The number of nitrogens with one attached hydrogen (secondary N) is 1. The summed E-state index contributed by atoms with van der Waals surface area (Å²) in [5, 5.41) is 2.83. The van der Waals surface area contributed by atoms with Gasteiger partial charge in [0.2, 0.25) is 5.91 Å². The molecule has 0 saturated heterocycles. The number of halogens is 3. The Balaban J connectivity index is 1.66. The van der Waals surface area contributed by atoms with Crippen molar-refractivity contribution in [1.29, 1.82) is 0 Å². The van der Waals surface area contributed by atoms with Gasteiger partial charge in [-0.3, -0.25) is 19.6 Å². The summed E-state index contributed by atoms with van der Waals surface area (Å²) in [6.45, 7) is 3.00. The number of anilines is 1. The van der Waals surface area contributed by atoms with Crippen LogP contribution in [0.4, 0.5) is 18.9 Å². The Morgan fingerprint density at radius 2 is 1.76 bits per heavy atom. The summed E-state index contributed by atoms with van der Waals surface area (Å²) < 4.78 is 37.6. The lowest BCUT2D eigenvalue weighted by atomic mass is 10.1. The number of benzene rings is 1. The van der Waals surface area contributed by atoms with Crippen LogP contribution in [0.5, 0.6) is 0 Å². The van der Waals surface area contributed by atoms with E-state index in [0.29, 0.717) is 29.1 Å². The molecular formula is C24H23F3N4O2. The van der Waals surface area contributed by atoms with Crippen LogP contribution in [0.15, 0.2) is 60.9 Å². The normalized spacial score (nSPS) is 11.2. The van der Waals surface area contributed by atoms with E-state index in [9.17, 15) is 22.8 Å². The molecule has 9 heteroatoms. The van der Waals surface area contributed by atoms with E-state index in [1.807, 2.05) is 19.1 Å². The molecule has 33 heavy (non-hydrogen) atoms. The Labute approximate surface area is 189 Å². The van der Waals surface area contributed by atoms with Gasteiger partial charge in [0, 0.05) is 49.4 Å². The SMILES string of the molecule is CC(=O)N(CCC(F)(F)F)c1ccc(-c2ccc(C(=O)NCc3cccnc3C)cn2)cc1. The van der Waals surface area contributed by atoms with E-state index >= 15 is 0 Å². The topological polar surface area (TPSA) is 75.2 Å². The lowest BCUT2D eigenvalue weighted by Crippen LogP contribution is -2.32. The minimum atomic E-state index is -4.34. The highest BCUT2D eigenvalue weighted by Crippen LogP contribution is 2.25. The number of carbonyl (C=O) groups is 2. The minimum Gasteiger partial charge on any atom is -0.348 e. The van der Waals surface area contributed by atoms with Crippen molar-refractivity contribution in [2.75, 3.05) is 11.4 Å². The first kappa shape index (κ1) is 23.9. The van der Waals surface area contributed by atoms with Gasteiger partial charge in [-0.15, -0.1) is 0 Å². The fraction of sp³-hybridized carbons (Fsp3) is 0.250. The van der Waals surface area contributed by atoms with Crippen molar-refractivity contribution in [3.63, 3.8) is 0 Å². The number of aryl methyl sites for hydroxylation is 1. The van der Waals surface area contributed by atoms with Crippen molar-refractivity contribution in [2.24, 2.45) is 0 Å².